The lowest BCUT2D eigenvalue weighted by molar-refractivity contribution is -0.165. The van der Waals surface area contributed by atoms with Gasteiger partial charge in [0.15, 0.2) is 11.6 Å². The molecule has 2 amide bonds. The van der Waals surface area contributed by atoms with E-state index in [0.29, 0.717) is 11.4 Å². The molecule has 128 valence electrons. The van der Waals surface area contributed by atoms with Gasteiger partial charge in [0.1, 0.15) is 11.2 Å². The molecule has 1 fully saturated rings. The van der Waals surface area contributed by atoms with Crippen LogP contribution in [0.3, 0.4) is 0 Å². The number of rotatable bonds is 4. The third-order valence-corrected chi connectivity index (χ3v) is 3.84. The van der Waals surface area contributed by atoms with Gasteiger partial charge in [-0.15, -0.1) is 0 Å². The summed E-state index contributed by atoms with van der Waals surface area (Å²) < 4.78 is 48.8. The number of aromatic nitrogens is 1. The molecule has 1 heterocycles. The lowest BCUT2D eigenvalue weighted by atomic mass is 10.0. The van der Waals surface area contributed by atoms with Gasteiger partial charge < -0.3 is 14.6 Å². The molecule has 0 saturated heterocycles. The second kappa shape index (κ2) is 5.73. The maximum atomic E-state index is 13.0. The molecule has 24 heavy (non-hydrogen) atoms. The van der Waals surface area contributed by atoms with Gasteiger partial charge in [-0.05, 0) is 25.0 Å². The summed E-state index contributed by atoms with van der Waals surface area (Å²) in [4.78, 5) is 11.9. The van der Waals surface area contributed by atoms with Crippen molar-refractivity contribution in [1.29, 1.82) is 0 Å². The first kappa shape index (κ1) is 16.2. The standard InChI is InChI=1S/C15H14F3N3O3/c1-23-10-4-2-3-9(7-10)19-13(22)20-12-8-11(24-21-12)14(5-6-14)15(16,17)18/h2-4,7-8H,5-6H2,1H3,(H2,19,20,21,22). The smallest absolute Gasteiger partial charge is 0.401 e. The minimum atomic E-state index is -4.40. The lowest BCUT2D eigenvalue weighted by Crippen LogP contribution is -2.28. The van der Waals surface area contributed by atoms with Crippen LogP contribution >= 0.6 is 0 Å². The molecule has 1 aliphatic rings. The molecule has 1 saturated carbocycles. The monoisotopic (exact) mass is 341 g/mol. The van der Waals surface area contributed by atoms with Crippen LogP contribution in [0.15, 0.2) is 34.9 Å². The minimum absolute atomic E-state index is 0.0405. The minimum Gasteiger partial charge on any atom is -0.497 e. The maximum Gasteiger partial charge on any atom is 0.401 e. The maximum absolute atomic E-state index is 13.0. The largest absolute Gasteiger partial charge is 0.497 e. The zero-order valence-corrected chi connectivity index (χ0v) is 12.6. The summed E-state index contributed by atoms with van der Waals surface area (Å²) >= 11 is 0. The summed E-state index contributed by atoms with van der Waals surface area (Å²) in [5.74, 6) is 0.185. The number of methoxy groups -OCH3 is 1. The molecule has 0 spiro atoms. The first-order chi connectivity index (χ1) is 11.3. The Kier molecular flexibility index (Phi) is 3.86. The number of hydrogen-bond acceptors (Lipinski definition) is 4. The fourth-order valence-corrected chi connectivity index (χ4v) is 2.33. The third-order valence-electron chi connectivity index (χ3n) is 3.84. The highest BCUT2D eigenvalue weighted by Gasteiger charge is 2.66. The molecule has 0 aliphatic heterocycles. The highest BCUT2D eigenvalue weighted by Crippen LogP contribution is 2.59. The van der Waals surface area contributed by atoms with E-state index in [1.807, 2.05) is 0 Å². The van der Waals surface area contributed by atoms with Crippen molar-refractivity contribution in [3.05, 3.63) is 36.1 Å². The predicted octanol–water partition coefficient (Wildman–Crippen LogP) is 3.92. The highest BCUT2D eigenvalue weighted by molar-refractivity contribution is 5.99. The van der Waals surface area contributed by atoms with Crippen molar-refractivity contribution in [2.45, 2.75) is 24.4 Å². The van der Waals surface area contributed by atoms with Gasteiger partial charge in [-0.25, -0.2) is 4.79 Å². The van der Waals surface area contributed by atoms with Crippen LogP contribution in [0, 0.1) is 0 Å². The molecule has 1 aromatic carbocycles. The Labute approximate surface area is 135 Å². The molecular formula is C15H14F3N3O3. The number of ether oxygens (including phenoxy) is 1. The van der Waals surface area contributed by atoms with E-state index in [1.165, 1.54) is 7.11 Å². The molecule has 3 rings (SSSR count). The number of anilines is 2. The summed E-state index contributed by atoms with van der Waals surface area (Å²) in [5, 5.41) is 8.34. The van der Waals surface area contributed by atoms with Gasteiger partial charge in [0.2, 0.25) is 0 Å². The Morgan fingerprint density at radius 2 is 2.04 bits per heavy atom. The molecule has 0 unspecified atom stereocenters. The van der Waals surface area contributed by atoms with E-state index < -0.39 is 17.6 Å². The zero-order chi connectivity index (χ0) is 17.4. The van der Waals surface area contributed by atoms with Gasteiger partial charge >= 0.3 is 12.2 Å². The molecule has 9 heteroatoms. The van der Waals surface area contributed by atoms with Crippen LogP contribution in [-0.2, 0) is 5.41 Å². The summed E-state index contributed by atoms with van der Waals surface area (Å²) in [7, 11) is 1.49. The van der Waals surface area contributed by atoms with Gasteiger partial charge in [-0.2, -0.15) is 13.2 Å². The first-order valence-electron chi connectivity index (χ1n) is 7.10. The second-order valence-electron chi connectivity index (χ2n) is 5.47. The van der Waals surface area contributed by atoms with Gasteiger partial charge in [-0.1, -0.05) is 11.2 Å². The Balaban J connectivity index is 1.66. The Morgan fingerprint density at radius 3 is 2.67 bits per heavy atom. The molecule has 6 nitrogen and oxygen atoms in total. The number of amides is 2. The molecule has 2 N–H and O–H groups in total. The number of carbonyl (C=O) groups is 1. The van der Waals surface area contributed by atoms with Crippen molar-refractivity contribution < 1.29 is 27.2 Å². The van der Waals surface area contributed by atoms with E-state index in [-0.39, 0.29) is 24.4 Å². The van der Waals surface area contributed by atoms with Crippen LogP contribution in [0.1, 0.15) is 18.6 Å². The van der Waals surface area contributed by atoms with Gasteiger partial charge in [-0.3, -0.25) is 5.32 Å². The molecule has 2 aromatic rings. The SMILES string of the molecule is COc1cccc(NC(=O)Nc2cc(C3(C(F)(F)F)CC3)on2)c1. The second-order valence-corrected chi connectivity index (χ2v) is 5.47. The molecule has 0 radical (unpaired) electrons. The van der Waals surface area contributed by atoms with Crippen molar-refractivity contribution in [3.63, 3.8) is 0 Å². The van der Waals surface area contributed by atoms with E-state index in [0.717, 1.165) is 6.07 Å². The van der Waals surface area contributed by atoms with Gasteiger partial charge in [0.05, 0.1) is 7.11 Å². The van der Waals surface area contributed by atoms with Crippen LogP contribution in [0.2, 0.25) is 0 Å². The zero-order valence-electron chi connectivity index (χ0n) is 12.6. The number of nitrogens with zero attached hydrogens (tertiary/aromatic N) is 1. The Bertz CT molecular complexity index is 754. The average Bonchev–Trinajstić information content (AvgIpc) is 3.23. The van der Waals surface area contributed by atoms with Crippen LogP contribution in [0.25, 0.3) is 0 Å². The predicted molar refractivity (Wildman–Crippen MR) is 79.1 cm³/mol. The van der Waals surface area contributed by atoms with Crippen molar-refractivity contribution in [1.82, 2.24) is 5.16 Å². The van der Waals surface area contributed by atoms with Crippen LogP contribution in [0.4, 0.5) is 29.5 Å². The lowest BCUT2D eigenvalue weighted by Gasteiger charge is -2.14. The van der Waals surface area contributed by atoms with E-state index in [4.69, 9.17) is 9.26 Å². The fourth-order valence-electron chi connectivity index (χ4n) is 2.33. The topological polar surface area (TPSA) is 76.4 Å². The van der Waals surface area contributed by atoms with Gasteiger partial charge in [0, 0.05) is 17.8 Å². The van der Waals surface area contributed by atoms with Crippen molar-refractivity contribution >= 4 is 17.5 Å². The summed E-state index contributed by atoms with van der Waals surface area (Å²) in [6.07, 6.45) is -4.48. The number of halogens is 3. The molecular weight excluding hydrogens is 327 g/mol. The van der Waals surface area contributed by atoms with Crippen LogP contribution in [-0.4, -0.2) is 24.5 Å². The Hall–Kier alpha value is -2.71. The van der Waals surface area contributed by atoms with Crippen molar-refractivity contribution in [2.75, 3.05) is 17.7 Å². The summed E-state index contributed by atoms with van der Waals surface area (Å²) in [5.41, 5.74) is -1.51. The molecule has 1 aliphatic carbocycles. The average molecular weight is 341 g/mol. The number of hydrogen-bond donors (Lipinski definition) is 2. The third kappa shape index (κ3) is 3.01. The normalized spacial score (nSPS) is 15.7. The van der Waals surface area contributed by atoms with Crippen molar-refractivity contribution in [2.24, 2.45) is 0 Å². The van der Waals surface area contributed by atoms with Crippen LogP contribution in [0.5, 0.6) is 5.75 Å². The highest BCUT2D eigenvalue weighted by atomic mass is 19.4. The first-order valence-corrected chi connectivity index (χ1v) is 7.10. The number of nitrogens with one attached hydrogen (secondary N) is 2. The van der Waals surface area contributed by atoms with Gasteiger partial charge in [0.25, 0.3) is 0 Å². The summed E-state index contributed by atoms with van der Waals surface area (Å²) in [6.45, 7) is 0. The fraction of sp³-hybridized carbons (Fsp3) is 0.333. The number of carbonyl (C=O) groups excluding carboxylic acids is 1. The number of urea groups is 1. The van der Waals surface area contributed by atoms with E-state index >= 15 is 0 Å². The van der Waals surface area contributed by atoms with E-state index in [1.54, 1.807) is 24.3 Å². The quantitative estimate of drug-likeness (QED) is 0.884. The molecule has 1 aromatic heterocycles. The van der Waals surface area contributed by atoms with Crippen molar-refractivity contribution in [3.8, 4) is 5.75 Å². The van der Waals surface area contributed by atoms with E-state index in [9.17, 15) is 18.0 Å². The molecule has 0 bridgehead atoms. The number of benzene rings is 1. The summed E-state index contributed by atoms with van der Waals surface area (Å²) in [6, 6.07) is 7.07. The Morgan fingerprint density at radius 1 is 1.29 bits per heavy atom. The van der Waals surface area contributed by atoms with Crippen LogP contribution < -0.4 is 15.4 Å². The van der Waals surface area contributed by atoms with E-state index in [2.05, 4.69) is 15.8 Å². The molecule has 0 atom stereocenters. The number of alkyl halides is 3.